The van der Waals surface area contributed by atoms with Gasteiger partial charge in [-0.25, -0.2) is 9.34 Å². The molecule has 1 unspecified atom stereocenters. The first-order valence-corrected chi connectivity index (χ1v) is 12.4. The molecule has 0 aromatic rings. The standard InChI is InChI=1S/C15H35N2O2PSi/c1-14(2,3)13(19-21(9,10)15(4,5)6)20(18)16(7)11-12-17(20)8/h13H,11-12H2,1-10H3. The predicted octanol–water partition coefficient (Wildman–Crippen LogP) is 4.45. The summed E-state index contributed by atoms with van der Waals surface area (Å²) in [4.78, 5) is 0. The second-order valence-electron chi connectivity index (χ2n) is 8.95. The molecule has 0 saturated carbocycles. The molecule has 0 spiro atoms. The van der Waals surface area contributed by atoms with E-state index in [-0.39, 0.29) is 16.3 Å². The Morgan fingerprint density at radius 2 is 1.38 bits per heavy atom. The lowest BCUT2D eigenvalue weighted by Crippen LogP contribution is -2.49. The van der Waals surface area contributed by atoms with Crippen LogP contribution in [0.4, 0.5) is 0 Å². The molecule has 1 saturated heterocycles. The van der Waals surface area contributed by atoms with E-state index in [1.54, 1.807) is 0 Å². The molecule has 0 radical (unpaired) electrons. The Kier molecular flexibility index (Phi) is 5.31. The van der Waals surface area contributed by atoms with E-state index in [4.69, 9.17) is 4.43 Å². The van der Waals surface area contributed by atoms with Gasteiger partial charge in [0.1, 0.15) is 5.85 Å². The Labute approximate surface area is 132 Å². The molecule has 1 heterocycles. The number of hydrogen-bond donors (Lipinski definition) is 0. The van der Waals surface area contributed by atoms with Crippen LogP contribution in [-0.2, 0) is 8.99 Å². The summed E-state index contributed by atoms with van der Waals surface area (Å²) < 4.78 is 24.5. The number of nitrogens with zero attached hydrogens (tertiary/aromatic N) is 2. The Morgan fingerprint density at radius 1 is 1.00 bits per heavy atom. The summed E-state index contributed by atoms with van der Waals surface area (Å²) >= 11 is 0. The minimum atomic E-state index is -2.67. The van der Waals surface area contributed by atoms with Crippen molar-refractivity contribution >= 4 is 15.8 Å². The first-order valence-electron chi connectivity index (χ1n) is 7.85. The highest BCUT2D eigenvalue weighted by molar-refractivity contribution is 7.60. The summed E-state index contributed by atoms with van der Waals surface area (Å²) in [5.74, 6) is -0.247. The van der Waals surface area contributed by atoms with Crippen molar-refractivity contribution in [1.29, 1.82) is 0 Å². The van der Waals surface area contributed by atoms with Gasteiger partial charge in [0.05, 0.1) is 0 Å². The number of hydrogen-bond acceptors (Lipinski definition) is 2. The van der Waals surface area contributed by atoms with E-state index in [0.29, 0.717) is 0 Å². The first kappa shape index (κ1) is 19.4. The van der Waals surface area contributed by atoms with Crippen molar-refractivity contribution in [2.24, 2.45) is 5.41 Å². The Hall–Kier alpha value is 0.327. The van der Waals surface area contributed by atoms with E-state index in [0.717, 1.165) is 13.1 Å². The zero-order chi connectivity index (χ0) is 16.9. The van der Waals surface area contributed by atoms with Crippen LogP contribution < -0.4 is 0 Å². The first-order chi connectivity index (χ1) is 9.14. The van der Waals surface area contributed by atoms with Crippen molar-refractivity contribution in [2.45, 2.75) is 65.5 Å². The second-order valence-corrected chi connectivity index (χ2v) is 16.7. The van der Waals surface area contributed by atoms with Crippen molar-refractivity contribution < 1.29 is 8.99 Å². The maximum absolute atomic E-state index is 13.8. The number of rotatable bonds is 3. The Morgan fingerprint density at radius 3 is 1.67 bits per heavy atom. The molecule has 0 amide bonds. The zero-order valence-corrected chi connectivity index (χ0v) is 17.5. The van der Waals surface area contributed by atoms with Gasteiger partial charge in [0.15, 0.2) is 8.32 Å². The van der Waals surface area contributed by atoms with Crippen LogP contribution in [0.2, 0.25) is 18.1 Å². The van der Waals surface area contributed by atoms with Gasteiger partial charge in [-0.2, -0.15) is 0 Å². The molecule has 1 aliphatic heterocycles. The molecular weight excluding hydrogens is 299 g/mol. The summed E-state index contributed by atoms with van der Waals surface area (Å²) in [5, 5.41) is 0.118. The second kappa shape index (κ2) is 5.75. The van der Waals surface area contributed by atoms with Gasteiger partial charge in [-0.3, -0.25) is 4.57 Å². The lowest BCUT2D eigenvalue weighted by molar-refractivity contribution is 0.127. The van der Waals surface area contributed by atoms with Gasteiger partial charge in [0, 0.05) is 13.1 Å². The van der Waals surface area contributed by atoms with Gasteiger partial charge in [-0.15, -0.1) is 0 Å². The van der Waals surface area contributed by atoms with Crippen LogP contribution in [0.15, 0.2) is 0 Å². The van der Waals surface area contributed by atoms with Gasteiger partial charge in [-0.1, -0.05) is 41.5 Å². The van der Waals surface area contributed by atoms with Crippen molar-refractivity contribution in [2.75, 3.05) is 27.2 Å². The fraction of sp³-hybridized carbons (Fsp3) is 1.00. The largest absolute Gasteiger partial charge is 0.404 e. The topological polar surface area (TPSA) is 32.8 Å². The predicted molar refractivity (Wildman–Crippen MR) is 94.4 cm³/mol. The number of likely N-dealkylation sites (N-methyl/N-ethyl adjacent to an activating group) is 2. The third kappa shape index (κ3) is 3.64. The summed E-state index contributed by atoms with van der Waals surface area (Å²) in [6.07, 6.45) is 0. The highest BCUT2D eigenvalue weighted by Gasteiger charge is 2.54. The lowest BCUT2D eigenvalue weighted by Gasteiger charge is -2.47. The quantitative estimate of drug-likeness (QED) is 0.564. The average molecular weight is 335 g/mol. The molecule has 21 heavy (non-hydrogen) atoms. The van der Waals surface area contributed by atoms with Crippen LogP contribution in [0.1, 0.15) is 41.5 Å². The molecule has 1 fully saturated rings. The minimum absolute atomic E-state index is 0.118. The maximum atomic E-state index is 13.8. The molecule has 0 aromatic carbocycles. The van der Waals surface area contributed by atoms with Crippen LogP contribution in [0.5, 0.6) is 0 Å². The van der Waals surface area contributed by atoms with E-state index >= 15 is 0 Å². The van der Waals surface area contributed by atoms with E-state index in [2.05, 4.69) is 54.6 Å². The lowest BCUT2D eigenvalue weighted by atomic mass is 9.98. The molecule has 126 valence electrons. The molecule has 6 heteroatoms. The Bertz CT molecular complexity index is 412. The highest BCUT2D eigenvalue weighted by Crippen LogP contribution is 2.64. The van der Waals surface area contributed by atoms with E-state index in [1.807, 2.05) is 23.4 Å². The molecule has 4 nitrogen and oxygen atoms in total. The summed E-state index contributed by atoms with van der Waals surface area (Å²) in [7, 11) is -0.707. The van der Waals surface area contributed by atoms with Gasteiger partial charge >= 0.3 is 0 Å². The molecule has 1 rings (SSSR count). The van der Waals surface area contributed by atoms with Gasteiger partial charge in [0.25, 0.3) is 0 Å². The van der Waals surface area contributed by atoms with Crippen molar-refractivity contribution in [1.82, 2.24) is 9.34 Å². The average Bonchev–Trinajstić information content (AvgIpc) is 2.52. The molecule has 1 atom stereocenters. The smallest absolute Gasteiger partial charge is 0.243 e. The third-order valence-electron chi connectivity index (χ3n) is 4.98. The summed E-state index contributed by atoms with van der Waals surface area (Å²) in [6.45, 7) is 19.3. The fourth-order valence-corrected chi connectivity index (χ4v) is 8.00. The molecule has 0 aromatic heterocycles. The van der Waals surface area contributed by atoms with Crippen LogP contribution in [0.3, 0.4) is 0 Å². The monoisotopic (exact) mass is 334 g/mol. The van der Waals surface area contributed by atoms with Crippen LogP contribution in [0, 0.1) is 5.41 Å². The molecule has 1 aliphatic rings. The van der Waals surface area contributed by atoms with Gasteiger partial charge in [0.2, 0.25) is 7.44 Å². The maximum Gasteiger partial charge on any atom is 0.243 e. The SMILES string of the molecule is CN1CCN(C)P1(=O)C(O[Si](C)(C)C(C)(C)C)C(C)(C)C. The van der Waals surface area contributed by atoms with Crippen LogP contribution in [0.25, 0.3) is 0 Å². The molecule has 0 aliphatic carbocycles. The van der Waals surface area contributed by atoms with Crippen molar-refractivity contribution in [3.05, 3.63) is 0 Å². The third-order valence-corrected chi connectivity index (χ3v) is 13.5. The van der Waals surface area contributed by atoms with E-state index in [1.165, 1.54) is 0 Å². The van der Waals surface area contributed by atoms with E-state index in [9.17, 15) is 4.57 Å². The fourth-order valence-electron chi connectivity index (χ4n) is 2.40. The van der Waals surface area contributed by atoms with E-state index < -0.39 is 15.8 Å². The molecule has 0 bridgehead atoms. The van der Waals surface area contributed by atoms with Gasteiger partial charge in [-0.05, 0) is 37.6 Å². The summed E-state index contributed by atoms with van der Waals surface area (Å²) in [5.41, 5.74) is -0.155. The van der Waals surface area contributed by atoms with Crippen molar-refractivity contribution in [3.8, 4) is 0 Å². The zero-order valence-electron chi connectivity index (χ0n) is 15.6. The van der Waals surface area contributed by atoms with Gasteiger partial charge < -0.3 is 4.43 Å². The normalized spacial score (nSPS) is 23.5. The van der Waals surface area contributed by atoms with Crippen molar-refractivity contribution in [3.63, 3.8) is 0 Å². The molecular formula is C15H35N2O2PSi. The molecule has 0 N–H and O–H groups in total. The minimum Gasteiger partial charge on any atom is -0.404 e. The van der Waals surface area contributed by atoms with Crippen LogP contribution in [-0.4, -0.2) is 50.7 Å². The summed E-state index contributed by atoms with van der Waals surface area (Å²) in [6, 6.07) is 0. The Balaban J connectivity index is 3.24. The highest BCUT2D eigenvalue weighted by atomic mass is 31.2. The van der Waals surface area contributed by atoms with Crippen LogP contribution >= 0.6 is 7.44 Å².